The van der Waals surface area contributed by atoms with E-state index in [1.807, 2.05) is 24.3 Å². The number of thioether (sulfide) groups is 1. The number of rotatable bonds is 3. The van der Waals surface area contributed by atoms with Crippen LogP contribution >= 0.6 is 27.7 Å². The van der Waals surface area contributed by atoms with Gasteiger partial charge in [0.25, 0.3) is 0 Å². The van der Waals surface area contributed by atoms with E-state index in [0.29, 0.717) is 4.91 Å². The molecule has 0 fully saturated rings. The van der Waals surface area contributed by atoms with Gasteiger partial charge in [0, 0.05) is 9.37 Å². The number of aliphatic hydroxyl groups is 1. The Bertz CT molecular complexity index is 409. The summed E-state index contributed by atoms with van der Waals surface area (Å²) in [5, 5.41) is 9.34. The molecule has 0 spiro atoms. The van der Waals surface area contributed by atoms with Crippen LogP contribution in [0.2, 0.25) is 0 Å². The van der Waals surface area contributed by atoms with Crippen LogP contribution in [0, 0.1) is 0 Å². The Morgan fingerprint density at radius 3 is 2.53 bits per heavy atom. The molecule has 0 aliphatic carbocycles. The molecule has 0 aliphatic heterocycles. The fourth-order valence-corrected chi connectivity index (χ4v) is 2.46. The first-order valence-corrected chi connectivity index (χ1v) is 5.96. The van der Waals surface area contributed by atoms with Crippen molar-refractivity contribution in [3.05, 3.63) is 39.4 Å². The lowest BCUT2D eigenvalue weighted by Crippen LogP contribution is -1.95. The van der Waals surface area contributed by atoms with Gasteiger partial charge in [-0.3, -0.25) is 4.79 Å². The number of benzene rings is 1. The molecule has 0 amide bonds. The molecule has 15 heavy (non-hydrogen) atoms. The van der Waals surface area contributed by atoms with Crippen LogP contribution < -0.4 is 0 Å². The molecule has 0 heterocycles. The normalized spacial score (nSPS) is 12.2. The molecule has 1 N–H and O–H groups in total. The topological polar surface area (TPSA) is 37.3 Å². The number of carbonyl (C=O) groups is 1. The standard InChI is InChI=1S/C11H11BrO2S/c1-7(13)11(8(2)14)15-10-5-3-4-9(12)6-10/h3-6,13H,1-2H3. The number of hydrogen-bond acceptors (Lipinski definition) is 3. The van der Waals surface area contributed by atoms with E-state index in [4.69, 9.17) is 0 Å². The third-order valence-electron chi connectivity index (χ3n) is 1.66. The monoisotopic (exact) mass is 286 g/mol. The summed E-state index contributed by atoms with van der Waals surface area (Å²) in [4.78, 5) is 12.5. The zero-order chi connectivity index (χ0) is 11.4. The van der Waals surface area contributed by atoms with Crippen molar-refractivity contribution >= 4 is 33.5 Å². The summed E-state index contributed by atoms with van der Waals surface area (Å²) in [6.07, 6.45) is 0. The first-order valence-electron chi connectivity index (χ1n) is 4.35. The predicted octanol–water partition coefficient (Wildman–Crippen LogP) is 3.92. The molecule has 1 aromatic rings. The summed E-state index contributed by atoms with van der Waals surface area (Å²) in [7, 11) is 0. The van der Waals surface area contributed by atoms with Crippen LogP contribution in [0.15, 0.2) is 44.3 Å². The molecule has 1 rings (SSSR count). The van der Waals surface area contributed by atoms with Crippen LogP contribution in [0.5, 0.6) is 0 Å². The van der Waals surface area contributed by atoms with Crippen LogP contribution in [0.25, 0.3) is 0 Å². The highest BCUT2D eigenvalue weighted by atomic mass is 79.9. The summed E-state index contributed by atoms with van der Waals surface area (Å²) in [6, 6.07) is 7.59. The smallest absolute Gasteiger partial charge is 0.169 e. The van der Waals surface area contributed by atoms with Crippen molar-refractivity contribution in [2.24, 2.45) is 0 Å². The van der Waals surface area contributed by atoms with Gasteiger partial charge in [-0.25, -0.2) is 0 Å². The van der Waals surface area contributed by atoms with Crippen LogP contribution in [0.1, 0.15) is 13.8 Å². The van der Waals surface area contributed by atoms with Crippen LogP contribution in [-0.2, 0) is 4.79 Å². The second-order valence-electron chi connectivity index (χ2n) is 3.03. The summed E-state index contributed by atoms with van der Waals surface area (Å²) in [6.45, 7) is 2.96. The van der Waals surface area contributed by atoms with E-state index in [1.165, 1.54) is 25.6 Å². The van der Waals surface area contributed by atoms with Gasteiger partial charge in [0.05, 0.1) is 4.91 Å². The quantitative estimate of drug-likeness (QED) is 0.520. The van der Waals surface area contributed by atoms with Crippen molar-refractivity contribution in [3.8, 4) is 0 Å². The Labute approximate surface area is 102 Å². The van der Waals surface area contributed by atoms with E-state index in [0.717, 1.165) is 9.37 Å². The zero-order valence-electron chi connectivity index (χ0n) is 8.45. The molecule has 1 aromatic carbocycles. The number of aliphatic hydroxyl groups excluding tert-OH is 1. The number of carbonyl (C=O) groups excluding carboxylic acids is 1. The van der Waals surface area contributed by atoms with E-state index < -0.39 is 0 Å². The van der Waals surface area contributed by atoms with E-state index in [2.05, 4.69) is 15.9 Å². The third-order valence-corrected chi connectivity index (χ3v) is 3.43. The zero-order valence-corrected chi connectivity index (χ0v) is 10.9. The van der Waals surface area contributed by atoms with Gasteiger partial charge in [0.2, 0.25) is 0 Å². The number of halogens is 1. The van der Waals surface area contributed by atoms with Gasteiger partial charge in [-0.15, -0.1) is 0 Å². The summed E-state index contributed by atoms with van der Waals surface area (Å²) >= 11 is 4.62. The lowest BCUT2D eigenvalue weighted by atomic mass is 10.3. The SMILES string of the molecule is CC(=O)C(Sc1cccc(Br)c1)=C(C)O. The predicted molar refractivity (Wildman–Crippen MR) is 66.0 cm³/mol. The number of hydrogen-bond donors (Lipinski definition) is 1. The summed E-state index contributed by atoms with van der Waals surface area (Å²) < 4.78 is 0.950. The first kappa shape index (κ1) is 12.3. The number of Topliss-reactive ketones (excluding diaryl/α,β-unsaturated/α-hetero) is 1. The lowest BCUT2D eigenvalue weighted by Gasteiger charge is -2.04. The van der Waals surface area contributed by atoms with Crippen molar-refractivity contribution in [2.45, 2.75) is 18.7 Å². The van der Waals surface area contributed by atoms with Gasteiger partial charge < -0.3 is 5.11 Å². The van der Waals surface area contributed by atoms with Gasteiger partial charge >= 0.3 is 0 Å². The molecule has 0 radical (unpaired) electrons. The van der Waals surface area contributed by atoms with E-state index in [-0.39, 0.29) is 11.5 Å². The maximum absolute atomic E-state index is 11.2. The molecule has 4 heteroatoms. The number of allylic oxidation sites excluding steroid dienone is 2. The molecule has 0 aliphatic rings. The van der Waals surface area contributed by atoms with Crippen LogP contribution in [0.4, 0.5) is 0 Å². The van der Waals surface area contributed by atoms with Crippen LogP contribution in [-0.4, -0.2) is 10.9 Å². The van der Waals surface area contributed by atoms with E-state index in [1.54, 1.807) is 0 Å². The molecule has 2 nitrogen and oxygen atoms in total. The third kappa shape index (κ3) is 3.72. The molecule has 0 aromatic heterocycles. The fraction of sp³-hybridized carbons (Fsp3) is 0.182. The number of ketones is 1. The average Bonchev–Trinajstić information content (AvgIpc) is 2.13. The molecular weight excluding hydrogens is 276 g/mol. The lowest BCUT2D eigenvalue weighted by molar-refractivity contribution is -0.113. The molecule has 80 valence electrons. The maximum Gasteiger partial charge on any atom is 0.169 e. The van der Waals surface area contributed by atoms with Crippen molar-refractivity contribution < 1.29 is 9.90 Å². The minimum atomic E-state index is -0.125. The first-order chi connectivity index (χ1) is 7.00. The summed E-state index contributed by atoms with van der Waals surface area (Å²) in [5.74, 6) is -0.0625. The van der Waals surface area contributed by atoms with Crippen molar-refractivity contribution in [1.82, 2.24) is 0 Å². The van der Waals surface area contributed by atoms with Crippen molar-refractivity contribution in [2.75, 3.05) is 0 Å². The second-order valence-corrected chi connectivity index (χ2v) is 5.03. The summed E-state index contributed by atoms with van der Waals surface area (Å²) in [5.41, 5.74) is 0. The average molecular weight is 287 g/mol. The van der Waals surface area contributed by atoms with Crippen LogP contribution in [0.3, 0.4) is 0 Å². The molecule has 0 bridgehead atoms. The maximum atomic E-state index is 11.2. The Morgan fingerprint density at radius 1 is 1.40 bits per heavy atom. The molecular formula is C11H11BrO2S. The Hall–Kier alpha value is -0.740. The van der Waals surface area contributed by atoms with E-state index in [9.17, 15) is 9.90 Å². The highest BCUT2D eigenvalue weighted by Gasteiger charge is 2.10. The van der Waals surface area contributed by atoms with Gasteiger partial charge in [0.15, 0.2) is 5.78 Å². The van der Waals surface area contributed by atoms with Crippen molar-refractivity contribution in [1.29, 1.82) is 0 Å². The van der Waals surface area contributed by atoms with Crippen molar-refractivity contribution in [3.63, 3.8) is 0 Å². The molecule has 0 unspecified atom stereocenters. The van der Waals surface area contributed by atoms with Gasteiger partial charge in [-0.05, 0) is 32.0 Å². The molecule has 0 saturated carbocycles. The highest BCUT2D eigenvalue weighted by molar-refractivity contribution is 9.10. The Morgan fingerprint density at radius 2 is 2.07 bits per heavy atom. The van der Waals surface area contributed by atoms with E-state index >= 15 is 0 Å². The van der Waals surface area contributed by atoms with Gasteiger partial charge in [-0.1, -0.05) is 33.8 Å². The molecule has 0 atom stereocenters. The largest absolute Gasteiger partial charge is 0.511 e. The molecule has 0 saturated heterocycles. The fourth-order valence-electron chi connectivity index (χ4n) is 1.05. The Kier molecular flexibility index (Phi) is 4.42. The minimum absolute atomic E-state index is 0.0625. The second kappa shape index (κ2) is 5.37. The van der Waals surface area contributed by atoms with Gasteiger partial charge in [-0.2, -0.15) is 0 Å². The highest BCUT2D eigenvalue weighted by Crippen LogP contribution is 2.30. The Balaban J connectivity index is 2.94. The minimum Gasteiger partial charge on any atom is -0.511 e. The van der Waals surface area contributed by atoms with Gasteiger partial charge in [0.1, 0.15) is 5.76 Å².